The summed E-state index contributed by atoms with van der Waals surface area (Å²) in [4.78, 5) is 18.5. The number of amides is 1. The number of ether oxygens (including phenoxy) is 1. The largest absolute Gasteiger partial charge is 0.490 e. The first-order chi connectivity index (χ1) is 23.0. The lowest BCUT2D eigenvalue weighted by atomic mass is 9.93. The zero-order chi connectivity index (χ0) is 34.4. The van der Waals surface area contributed by atoms with Crippen molar-refractivity contribution in [3.05, 3.63) is 82.6 Å². The van der Waals surface area contributed by atoms with Crippen LogP contribution in [0.3, 0.4) is 0 Å². The minimum atomic E-state index is -1.73. The summed E-state index contributed by atoms with van der Waals surface area (Å²) in [6.07, 6.45) is 3.40. The quantitative estimate of drug-likeness (QED) is 0.117. The molecule has 5 atom stereocenters. The molecule has 2 aromatic carbocycles. The number of benzene rings is 2. The van der Waals surface area contributed by atoms with Crippen molar-refractivity contribution >= 4 is 17.5 Å². The Bertz CT molecular complexity index is 1530. The molecule has 5 rings (SSSR count). The van der Waals surface area contributed by atoms with Crippen LogP contribution in [0.25, 0.3) is 11.1 Å². The molecule has 0 bridgehead atoms. The minimum absolute atomic E-state index is 0.171. The van der Waals surface area contributed by atoms with Gasteiger partial charge in [-0.3, -0.25) is 9.78 Å². The normalized spacial score (nSPS) is 18.4. The number of rotatable bonds is 18. The van der Waals surface area contributed by atoms with Gasteiger partial charge >= 0.3 is 0 Å². The van der Waals surface area contributed by atoms with Gasteiger partial charge in [-0.15, -0.1) is 0 Å². The predicted molar refractivity (Wildman–Crippen MR) is 184 cm³/mol. The van der Waals surface area contributed by atoms with E-state index in [0.717, 1.165) is 65.7 Å². The summed E-state index contributed by atoms with van der Waals surface area (Å²) >= 11 is 6.69. The number of aliphatic hydroxyl groups is 5. The van der Waals surface area contributed by atoms with Gasteiger partial charge in [0.1, 0.15) is 30.2 Å². The summed E-state index contributed by atoms with van der Waals surface area (Å²) in [5.41, 5.74) is 5.31. The van der Waals surface area contributed by atoms with Crippen LogP contribution in [0.15, 0.2) is 60.9 Å². The third-order valence-electron chi connectivity index (χ3n) is 9.58. The van der Waals surface area contributed by atoms with Crippen molar-refractivity contribution in [1.82, 2.24) is 15.2 Å². The zero-order valence-electron chi connectivity index (χ0n) is 27.6. The van der Waals surface area contributed by atoms with E-state index in [-0.39, 0.29) is 30.3 Å². The first-order valence-corrected chi connectivity index (χ1v) is 17.2. The lowest BCUT2D eigenvalue weighted by Gasteiger charge is -2.28. The van der Waals surface area contributed by atoms with Crippen molar-refractivity contribution < 1.29 is 35.1 Å². The fraction of sp³-hybridized carbons (Fsp3) is 0.514. The van der Waals surface area contributed by atoms with Crippen LogP contribution in [-0.4, -0.2) is 92.0 Å². The van der Waals surface area contributed by atoms with Crippen molar-refractivity contribution in [3.8, 4) is 16.9 Å². The summed E-state index contributed by atoms with van der Waals surface area (Å²) in [7, 11) is 1.51. The van der Waals surface area contributed by atoms with Crippen LogP contribution in [0.4, 0.5) is 0 Å². The molecule has 260 valence electrons. The Morgan fingerprint density at radius 2 is 1.79 bits per heavy atom. The van der Waals surface area contributed by atoms with Crippen molar-refractivity contribution in [1.29, 1.82) is 0 Å². The number of hydrogen-bond acceptors (Lipinski definition) is 9. The van der Waals surface area contributed by atoms with E-state index in [4.69, 9.17) is 21.4 Å². The number of halogens is 1. The van der Waals surface area contributed by atoms with Crippen LogP contribution in [0, 0.1) is 0 Å². The number of hydrogen-bond donors (Lipinski definition) is 6. The van der Waals surface area contributed by atoms with Crippen molar-refractivity contribution in [2.24, 2.45) is 0 Å². The Hall–Kier alpha value is -3.09. The molecular formula is C37H48ClN3O7. The van der Waals surface area contributed by atoms with Crippen LogP contribution in [0.1, 0.15) is 74.5 Å². The molecule has 0 radical (unpaired) electrons. The number of carbonyl (C=O) groups excluding carboxylic acids is 1. The van der Waals surface area contributed by atoms with E-state index in [9.17, 15) is 25.2 Å². The Kier molecular flexibility index (Phi) is 12.1. The third-order valence-corrected chi connectivity index (χ3v) is 9.95. The lowest BCUT2D eigenvalue weighted by molar-refractivity contribution is -0.138. The summed E-state index contributed by atoms with van der Waals surface area (Å²) in [6, 6.07) is 16.4. The van der Waals surface area contributed by atoms with Crippen molar-refractivity contribution in [3.63, 3.8) is 0 Å². The second-order valence-electron chi connectivity index (χ2n) is 13.4. The van der Waals surface area contributed by atoms with E-state index in [1.54, 1.807) is 0 Å². The number of aromatic nitrogens is 1. The average Bonchev–Trinajstić information content (AvgIpc) is 4.04. The van der Waals surface area contributed by atoms with Gasteiger partial charge in [0.25, 0.3) is 0 Å². The first-order valence-electron chi connectivity index (χ1n) is 16.8. The van der Waals surface area contributed by atoms with E-state index in [1.165, 1.54) is 11.9 Å². The van der Waals surface area contributed by atoms with Crippen LogP contribution < -0.4 is 10.1 Å². The second-order valence-corrected chi connectivity index (χ2v) is 13.8. The standard InChI is InChI=1S/C37H48ClN3O7/c1-23(6-5-9-34(45)41(2)21-31(43)35(46)36(47)32(44)22-42)24-10-13-30(38)25(18-24)19-40-37(15-16-37)29-20-39-17-14-27(29)28-7-3-4-8-33(28)48-26-11-12-26/h3-4,7-8,10,13-14,17-18,20,23,26,31-32,35-36,40,42-44,46-47H,5-6,9,11-12,15-16,19,21-22H2,1-2H3. The van der Waals surface area contributed by atoms with Gasteiger partial charge in [-0.25, -0.2) is 0 Å². The molecule has 2 fully saturated rings. The highest BCUT2D eigenvalue weighted by Crippen LogP contribution is 2.50. The van der Waals surface area contributed by atoms with Gasteiger partial charge in [0.15, 0.2) is 0 Å². The Morgan fingerprint density at radius 3 is 2.50 bits per heavy atom. The first kappa shape index (κ1) is 36.2. The zero-order valence-corrected chi connectivity index (χ0v) is 28.4. The molecule has 2 aliphatic carbocycles. The lowest BCUT2D eigenvalue weighted by Crippen LogP contribution is -2.49. The number of likely N-dealkylation sites (N-methyl/N-ethyl adjacent to an activating group) is 1. The highest BCUT2D eigenvalue weighted by molar-refractivity contribution is 6.31. The van der Waals surface area contributed by atoms with Gasteiger partial charge in [-0.05, 0) is 84.9 Å². The maximum Gasteiger partial charge on any atom is 0.222 e. The molecule has 6 N–H and O–H groups in total. The molecule has 10 nitrogen and oxygen atoms in total. The Morgan fingerprint density at radius 1 is 1.06 bits per heavy atom. The monoisotopic (exact) mass is 681 g/mol. The Labute approximate surface area is 287 Å². The number of nitrogens with one attached hydrogen (secondary N) is 1. The van der Waals surface area contributed by atoms with E-state index in [2.05, 4.69) is 35.4 Å². The molecule has 0 spiro atoms. The Balaban J connectivity index is 1.16. The molecule has 48 heavy (non-hydrogen) atoms. The topological polar surface area (TPSA) is 156 Å². The molecule has 0 saturated heterocycles. The van der Waals surface area contributed by atoms with Crippen molar-refractivity contribution in [2.45, 2.75) is 100 Å². The molecule has 11 heteroatoms. The van der Waals surface area contributed by atoms with Crippen LogP contribution in [-0.2, 0) is 16.9 Å². The van der Waals surface area contributed by atoms with Gasteiger partial charge in [-0.1, -0.05) is 48.9 Å². The van der Waals surface area contributed by atoms with Crippen molar-refractivity contribution in [2.75, 3.05) is 20.2 Å². The number of para-hydroxylation sites is 1. The van der Waals surface area contributed by atoms with Crippen LogP contribution >= 0.6 is 11.6 Å². The molecular weight excluding hydrogens is 634 g/mol. The molecule has 2 aliphatic rings. The predicted octanol–water partition coefficient (Wildman–Crippen LogP) is 3.89. The summed E-state index contributed by atoms with van der Waals surface area (Å²) in [5.74, 6) is 0.870. The summed E-state index contributed by atoms with van der Waals surface area (Å²) < 4.78 is 6.25. The van der Waals surface area contributed by atoms with Crippen LogP contribution in [0.2, 0.25) is 5.02 Å². The highest BCUT2D eigenvalue weighted by Gasteiger charge is 2.46. The van der Waals surface area contributed by atoms with Gasteiger partial charge in [0.2, 0.25) is 5.91 Å². The van der Waals surface area contributed by atoms with Crippen LogP contribution in [0.5, 0.6) is 5.75 Å². The summed E-state index contributed by atoms with van der Waals surface area (Å²) in [6.45, 7) is 1.73. The van der Waals surface area contributed by atoms with E-state index >= 15 is 0 Å². The van der Waals surface area contributed by atoms with Gasteiger partial charge in [-0.2, -0.15) is 0 Å². The molecule has 3 aromatic rings. The summed E-state index contributed by atoms with van der Waals surface area (Å²) in [5, 5.41) is 53.1. The number of aliphatic hydroxyl groups excluding tert-OH is 5. The molecule has 1 amide bonds. The average molecular weight is 682 g/mol. The maximum absolute atomic E-state index is 12.7. The molecule has 2 saturated carbocycles. The SMILES string of the molecule is CC(CCCC(=O)N(C)CC(O)C(O)C(O)C(O)CO)c1ccc(Cl)c(CNC2(c3cnccc3-c3ccccc3OC3CC3)CC2)c1. The molecule has 1 aromatic heterocycles. The molecule has 5 unspecified atom stereocenters. The van der Waals surface area contributed by atoms with Gasteiger partial charge < -0.3 is 40.5 Å². The third kappa shape index (κ3) is 8.92. The number of pyridine rings is 1. The van der Waals surface area contributed by atoms with E-state index in [1.807, 2.05) is 42.7 Å². The second kappa shape index (κ2) is 16.1. The maximum atomic E-state index is 12.7. The van der Waals surface area contributed by atoms with E-state index < -0.39 is 31.0 Å². The van der Waals surface area contributed by atoms with Gasteiger partial charge in [0.05, 0.1) is 12.7 Å². The smallest absolute Gasteiger partial charge is 0.222 e. The number of carbonyl (C=O) groups is 1. The fourth-order valence-electron chi connectivity index (χ4n) is 6.11. The minimum Gasteiger partial charge on any atom is -0.490 e. The molecule has 0 aliphatic heterocycles. The number of nitrogens with zero attached hydrogens (tertiary/aromatic N) is 2. The fourth-order valence-corrected chi connectivity index (χ4v) is 6.29. The van der Waals surface area contributed by atoms with Gasteiger partial charge in [0, 0.05) is 55.1 Å². The molecule has 1 heterocycles. The highest BCUT2D eigenvalue weighted by atomic mass is 35.5. The van der Waals surface area contributed by atoms with E-state index in [0.29, 0.717) is 24.1 Å².